The molecule has 0 heterocycles. The lowest BCUT2D eigenvalue weighted by Gasteiger charge is -2.20. The largest absolute Gasteiger partial charge is 0.493 e. The third-order valence-corrected chi connectivity index (χ3v) is 9.14. The van der Waals surface area contributed by atoms with E-state index in [1.807, 2.05) is 18.2 Å². The Morgan fingerprint density at radius 3 is 1.48 bits per heavy atom. The summed E-state index contributed by atoms with van der Waals surface area (Å²) in [7, 11) is 0. The number of benzene rings is 4. The summed E-state index contributed by atoms with van der Waals surface area (Å²) in [5.74, 6) is 2.89. The highest BCUT2D eigenvalue weighted by molar-refractivity contribution is 5.79. The number of hydrogen-bond donors (Lipinski definition) is 1. The van der Waals surface area contributed by atoms with E-state index in [4.69, 9.17) is 9.47 Å². The topological polar surface area (TPSA) is 30.5 Å². The summed E-state index contributed by atoms with van der Waals surface area (Å²) in [5, 5.41) is 3.47. The van der Waals surface area contributed by atoms with Gasteiger partial charge in [-0.25, -0.2) is 0 Å². The predicted octanol–water partition coefficient (Wildman–Crippen LogP) is 13.3. The molecule has 0 bridgehead atoms. The third-order valence-electron chi connectivity index (χ3n) is 9.14. The maximum absolute atomic E-state index is 6.67. The van der Waals surface area contributed by atoms with E-state index in [0.717, 1.165) is 59.0 Å². The SMILES string of the molecule is CCCCC(CC)COc1cc(/C=C/c2ccc(Nc3ccccc3)cc2)c(OCC(CC)CCCC)cc1/C=C/c1ccc(C)cc1. The molecule has 0 saturated heterocycles. The number of para-hydroxylation sites is 1. The molecule has 2 unspecified atom stereocenters. The van der Waals surface area contributed by atoms with E-state index in [0.29, 0.717) is 18.4 Å². The Labute approximate surface area is 291 Å². The first-order valence-electron chi connectivity index (χ1n) is 18.3. The highest BCUT2D eigenvalue weighted by Crippen LogP contribution is 2.34. The van der Waals surface area contributed by atoms with Gasteiger partial charge in [-0.05, 0) is 79.1 Å². The van der Waals surface area contributed by atoms with Gasteiger partial charge in [0.15, 0.2) is 0 Å². The summed E-state index contributed by atoms with van der Waals surface area (Å²) in [5.41, 5.74) is 7.79. The average molecular weight is 644 g/mol. The van der Waals surface area contributed by atoms with Crippen molar-refractivity contribution < 1.29 is 9.47 Å². The van der Waals surface area contributed by atoms with E-state index >= 15 is 0 Å². The molecule has 0 aliphatic rings. The van der Waals surface area contributed by atoms with Crippen LogP contribution in [0.5, 0.6) is 11.5 Å². The van der Waals surface area contributed by atoms with Crippen molar-refractivity contribution >= 4 is 35.7 Å². The summed E-state index contributed by atoms with van der Waals surface area (Å²) < 4.78 is 13.3. The Morgan fingerprint density at radius 1 is 0.562 bits per heavy atom. The van der Waals surface area contributed by atoms with Crippen molar-refractivity contribution in [2.24, 2.45) is 11.8 Å². The summed E-state index contributed by atoms with van der Waals surface area (Å²) >= 11 is 0. The fourth-order valence-electron chi connectivity index (χ4n) is 5.73. The highest BCUT2D eigenvalue weighted by atomic mass is 16.5. The van der Waals surface area contributed by atoms with Crippen LogP contribution in [-0.4, -0.2) is 13.2 Å². The van der Waals surface area contributed by atoms with Gasteiger partial charge in [-0.2, -0.15) is 0 Å². The summed E-state index contributed by atoms with van der Waals surface area (Å²) in [6.07, 6.45) is 18.2. The number of rotatable bonds is 20. The molecule has 0 aliphatic heterocycles. The van der Waals surface area contributed by atoms with Gasteiger partial charge in [0.2, 0.25) is 0 Å². The molecular weight excluding hydrogens is 587 g/mol. The maximum atomic E-state index is 6.67. The molecule has 48 heavy (non-hydrogen) atoms. The van der Waals surface area contributed by atoms with Crippen molar-refractivity contribution in [3.05, 3.63) is 119 Å². The Morgan fingerprint density at radius 2 is 1.02 bits per heavy atom. The lowest BCUT2D eigenvalue weighted by atomic mass is 10.00. The van der Waals surface area contributed by atoms with E-state index < -0.39 is 0 Å². The zero-order valence-electron chi connectivity index (χ0n) is 30.0. The second-order valence-corrected chi connectivity index (χ2v) is 13.1. The normalized spacial score (nSPS) is 12.8. The summed E-state index contributed by atoms with van der Waals surface area (Å²) in [4.78, 5) is 0. The van der Waals surface area contributed by atoms with E-state index in [1.165, 1.54) is 49.7 Å². The van der Waals surface area contributed by atoms with Crippen LogP contribution >= 0.6 is 0 Å². The summed E-state index contributed by atoms with van der Waals surface area (Å²) in [6.45, 7) is 12.6. The van der Waals surface area contributed by atoms with Crippen LogP contribution in [0.3, 0.4) is 0 Å². The molecule has 254 valence electrons. The van der Waals surface area contributed by atoms with Gasteiger partial charge in [0.05, 0.1) is 13.2 Å². The molecule has 2 atom stereocenters. The van der Waals surface area contributed by atoms with Crippen molar-refractivity contribution in [2.45, 2.75) is 86.0 Å². The fraction of sp³-hybridized carbons (Fsp3) is 0.378. The number of anilines is 2. The van der Waals surface area contributed by atoms with E-state index in [9.17, 15) is 0 Å². The molecule has 0 saturated carbocycles. The van der Waals surface area contributed by atoms with Crippen LogP contribution in [0.4, 0.5) is 11.4 Å². The van der Waals surface area contributed by atoms with Gasteiger partial charge in [-0.3, -0.25) is 0 Å². The first-order chi connectivity index (χ1) is 23.5. The number of hydrogen-bond acceptors (Lipinski definition) is 3. The molecule has 0 amide bonds. The van der Waals surface area contributed by atoms with Crippen molar-refractivity contribution in [2.75, 3.05) is 18.5 Å². The molecule has 4 rings (SSSR count). The summed E-state index contributed by atoms with van der Waals surface area (Å²) in [6, 6.07) is 31.8. The van der Waals surface area contributed by atoms with Gasteiger partial charge < -0.3 is 14.8 Å². The highest BCUT2D eigenvalue weighted by Gasteiger charge is 2.15. The third kappa shape index (κ3) is 12.1. The molecular formula is C45H57NO2. The van der Waals surface area contributed by atoms with Crippen molar-refractivity contribution in [3.63, 3.8) is 0 Å². The lowest BCUT2D eigenvalue weighted by molar-refractivity contribution is 0.227. The zero-order chi connectivity index (χ0) is 34.0. The fourth-order valence-corrected chi connectivity index (χ4v) is 5.73. The molecule has 3 nitrogen and oxygen atoms in total. The van der Waals surface area contributed by atoms with Crippen molar-refractivity contribution in [3.8, 4) is 11.5 Å². The van der Waals surface area contributed by atoms with E-state index in [1.54, 1.807) is 0 Å². The average Bonchev–Trinajstić information content (AvgIpc) is 3.12. The minimum Gasteiger partial charge on any atom is -0.493 e. The number of nitrogens with one attached hydrogen (secondary N) is 1. The van der Waals surface area contributed by atoms with Crippen LogP contribution in [0.15, 0.2) is 91.0 Å². The predicted molar refractivity (Wildman–Crippen MR) is 209 cm³/mol. The van der Waals surface area contributed by atoms with Gasteiger partial charge >= 0.3 is 0 Å². The standard InChI is InChI=1S/C45H57NO2/c1-6-10-15-36(8-3)33-47-44-32-41(28-24-39-25-29-43(30-26-39)46-42-17-13-12-14-18-42)45(48-34-37(9-4)16-11-7-2)31-40(44)27-23-38-21-19-35(5)20-22-38/h12-14,17-32,36-37,46H,6-11,15-16,33-34H2,1-5H3/b27-23+,28-24+. The van der Waals surface area contributed by atoms with Crippen LogP contribution in [0.1, 0.15) is 107 Å². The second-order valence-electron chi connectivity index (χ2n) is 13.1. The molecule has 3 heteroatoms. The zero-order valence-corrected chi connectivity index (χ0v) is 30.0. The van der Waals surface area contributed by atoms with Gasteiger partial charge in [-0.15, -0.1) is 0 Å². The van der Waals surface area contributed by atoms with Gasteiger partial charge in [0.1, 0.15) is 11.5 Å². The quantitative estimate of drug-likeness (QED) is 0.0972. The van der Waals surface area contributed by atoms with Crippen molar-refractivity contribution in [1.82, 2.24) is 0 Å². The van der Waals surface area contributed by atoms with Crippen LogP contribution in [0.2, 0.25) is 0 Å². The maximum Gasteiger partial charge on any atom is 0.127 e. The van der Waals surface area contributed by atoms with Gasteiger partial charge in [0, 0.05) is 22.5 Å². The first kappa shape index (κ1) is 36.6. The molecule has 0 radical (unpaired) electrons. The van der Waals surface area contributed by atoms with Crippen LogP contribution in [0, 0.1) is 18.8 Å². The lowest BCUT2D eigenvalue weighted by Crippen LogP contribution is -2.13. The molecule has 1 N–H and O–H groups in total. The molecule has 4 aromatic carbocycles. The molecule has 0 aliphatic carbocycles. The Balaban J connectivity index is 1.66. The number of ether oxygens (including phenoxy) is 2. The Bertz CT molecular complexity index is 1540. The minimum atomic E-state index is 0.540. The number of aryl methyl sites for hydroxylation is 1. The van der Waals surface area contributed by atoms with E-state index in [2.05, 4.69) is 137 Å². The smallest absolute Gasteiger partial charge is 0.127 e. The molecule has 0 spiro atoms. The van der Waals surface area contributed by atoms with Gasteiger partial charge in [0.25, 0.3) is 0 Å². The van der Waals surface area contributed by atoms with Crippen LogP contribution in [0.25, 0.3) is 24.3 Å². The van der Waals surface area contributed by atoms with Crippen LogP contribution < -0.4 is 14.8 Å². The Hall–Kier alpha value is -4.24. The number of unbranched alkanes of at least 4 members (excludes halogenated alkanes) is 2. The Kier molecular flexibility index (Phi) is 15.4. The monoisotopic (exact) mass is 643 g/mol. The molecule has 0 fully saturated rings. The second kappa shape index (κ2) is 20.2. The molecule has 0 aromatic heterocycles. The first-order valence-corrected chi connectivity index (χ1v) is 18.3. The minimum absolute atomic E-state index is 0.540. The van der Waals surface area contributed by atoms with Crippen molar-refractivity contribution in [1.29, 1.82) is 0 Å². The van der Waals surface area contributed by atoms with Gasteiger partial charge in [-0.1, -0.05) is 151 Å². The van der Waals surface area contributed by atoms with E-state index in [-0.39, 0.29) is 0 Å². The van der Waals surface area contributed by atoms with Crippen LogP contribution in [-0.2, 0) is 0 Å². The molecule has 4 aromatic rings.